The minimum atomic E-state index is -4.38. The fraction of sp³-hybridized carbons (Fsp3) is 0.125. The van der Waals surface area contributed by atoms with Gasteiger partial charge in [-0.15, -0.1) is 0 Å². The number of halogens is 3. The van der Waals surface area contributed by atoms with Crippen LogP contribution in [0.25, 0.3) is 10.4 Å². The zero-order valence-electron chi connectivity index (χ0n) is 12.6. The number of aryl methyl sites for hydroxylation is 1. The summed E-state index contributed by atoms with van der Waals surface area (Å²) < 4.78 is 38.3. The highest BCUT2D eigenvalue weighted by Crippen LogP contribution is 2.33. The van der Waals surface area contributed by atoms with E-state index in [9.17, 15) is 13.2 Å². The van der Waals surface area contributed by atoms with Crippen molar-refractivity contribution in [3.05, 3.63) is 53.9 Å². The summed E-state index contributed by atoms with van der Waals surface area (Å²) in [6.07, 6.45) is -2.80. The summed E-state index contributed by atoms with van der Waals surface area (Å²) in [5.74, 6) is 0.443. The number of hydrogen-bond acceptors (Lipinski definition) is 5. The van der Waals surface area contributed by atoms with Gasteiger partial charge in [0.2, 0.25) is 0 Å². The summed E-state index contributed by atoms with van der Waals surface area (Å²) in [5.41, 5.74) is 6.96. The molecule has 0 fully saturated rings. The summed E-state index contributed by atoms with van der Waals surface area (Å²) in [4.78, 5) is 9.22. The molecule has 0 radical (unpaired) electrons. The highest BCUT2D eigenvalue weighted by atomic mass is 32.1. The maximum absolute atomic E-state index is 12.8. The third kappa shape index (κ3) is 3.48. The second-order valence-electron chi connectivity index (χ2n) is 5.10. The van der Waals surface area contributed by atoms with Gasteiger partial charge >= 0.3 is 6.18 Å². The normalized spacial score (nSPS) is 11.5. The lowest BCUT2D eigenvalue weighted by Gasteiger charge is -2.10. The molecular weight excluding hydrogens is 337 g/mol. The molecule has 0 aliphatic rings. The van der Waals surface area contributed by atoms with Crippen molar-refractivity contribution in [2.45, 2.75) is 13.1 Å². The molecule has 0 saturated heterocycles. The van der Waals surface area contributed by atoms with Gasteiger partial charge < -0.3 is 11.1 Å². The van der Waals surface area contributed by atoms with Crippen LogP contribution in [0.1, 0.15) is 11.3 Å². The smallest absolute Gasteiger partial charge is 0.375 e. The molecule has 1 aromatic carbocycles. The van der Waals surface area contributed by atoms with E-state index < -0.39 is 11.7 Å². The molecule has 0 amide bonds. The van der Waals surface area contributed by atoms with Crippen LogP contribution in [-0.2, 0) is 6.18 Å². The van der Waals surface area contributed by atoms with Crippen molar-refractivity contribution in [3.63, 3.8) is 0 Å². The van der Waals surface area contributed by atoms with Crippen LogP contribution >= 0.6 is 11.3 Å². The van der Waals surface area contributed by atoms with Crippen molar-refractivity contribution in [3.8, 4) is 10.4 Å². The molecule has 0 saturated carbocycles. The van der Waals surface area contributed by atoms with Gasteiger partial charge in [-0.3, -0.25) is 0 Å². The molecule has 3 N–H and O–H groups in total. The molecule has 124 valence electrons. The van der Waals surface area contributed by atoms with E-state index in [4.69, 9.17) is 5.73 Å². The lowest BCUT2D eigenvalue weighted by Crippen LogP contribution is -2.05. The average Bonchev–Trinajstić information content (AvgIpc) is 2.86. The standard InChI is InChI=1S/C16H13F3N4S/c1-9-14(24-15(20)22-9)10-5-6-21-13(7-10)23-12-4-2-3-11(8-12)16(17,18)19/h2-8H,1H3,(H2,20,22)(H,21,23). The Labute approximate surface area is 140 Å². The van der Waals surface area contributed by atoms with Crippen LogP contribution < -0.4 is 11.1 Å². The van der Waals surface area contributed by atoms with Gasteiger partial charge in [-0.2, -0.15) is 13.2 Å². The van der Waals surface area contributed by atoms with Crippen LogP contribution in [0, 0.1) is 6.92 Å². The molecule has 0 atom stereocenters. The van der Waals surface area contributed by atoms with Crippen LogP contribution in [0.15, 0.2) is 42.6 Å². The van der Waals surface area contributed by atoms with Gasteiger partial charge in [-0.25, -0.2) is 9.97 Å². The molecule has 3 rings (SSSR count). The van der Waals surface area contributed by atoms with Crippen molar-refractivity contribution in [1.82, 2.24) is 9.97 Å². The van der Waals surface area contributed by atoms with E-state index in [1.54, 1.807) is 24.4 Å². The maximum Gasteiger partial charge on any atom is 0.416 e. The number of rotatable bonds is 3. The van der Waals surface area contributed by atoms with Gasteiger partial charge in [-0.05, 0) is 42.8 Å². The molecule has 0 bridgehead atoms. The number of alkyl halides is 3. The molecule has 2 heterocycles. The third-order valence-corrected chi connectivity index (χ3v) is 4.33. The fourth-order valence-electron chi connectivity index (χ4n) is 2.25. The van der Waals surface area contributed by atoms with Gasteiger partial charge in [-0.1, -0.05) is 17.4 Å². The van der Waals surface area contributed by atoms with Crippen molar-refractivity contribution in [1.29, 1.82) is 0 Å². The van der Waals surface area contributed by atoms with Crippen LogP contribution in [0.3, 0.4) is 0 Å². The first-order valence-corrected chi connectivity index (χ1v) is 7.78. The van der Waals surface area contributed by atoms with Crippen molar-refractivity contribution < 1.29 is 13.2 Å². The Kier molecular flexibility index (Phi) is 4.15. The van der Waals surface area contributed by atoms with Gasteiger partial charge in [0.05, 0.1) is 16.1 Å². The van der Waals surface area contributed by atoms with Crippen LogP contribution in [0.2, 0.25) is 0 Å². The van der Waals surface area contributed by atoms with Gasteiger partial charge in [0.1, 0.15) is 5.82 Å². The number of nitrogens with one attached hydrogen (secondary N) is 1. The largest absolute Gasteiger partial charge is 0.416 e. The second-order valence-corrected chi connectivity index (χ2v) is 6.13. The van der Waals surface area contributed by atoms with Crippen LogP contribution in [-0.4, -0.2) is 9.97 Å². The number of anilines is 3. The van der Waals surface area contributed by atoms with Crippen LogP contribution in [0.5, 0.6) is 0 Å². The van der Waals surface area contributed by atoms with E-state index in [2.05, 4.69) is 15.3 Å². The summed E-state index contributed by atoms with van der Waals surface area (Å²) >= 11 is 1.35. The molecule has 0 aliphatic heterocycles. The quantitative estimate of drug-likeness (QED) is 0.708. The van der Waals surface area contributed by atoms with Gasteiger partial charge in [0.15, 0.2) is 5.13 Å². The molecular formula is C16H13F3N4S. The Bertz CT molecular complexity index is 874. The highest BCUT2D eigenvalue weighted by Gasteiger charge is 2.30. The average molecular weight is 350 g/mol. The van der Waals surface area contributed by atoms with E-state index in [0.717, 1.165) is 28.3 Å². The summed E-state index contributed by atoms with van der Waals surface area (Å²) in [6, 6.07) is 8.53. The number of nitrogen functional groups attached to an aromatic ring is 1. The minimum Gasteiger partial charge on any atom is -0.375 e. The van der Waals surface area contributed by atoms with Crippen molar-refractivity contribution in [2.24, 2.45) is 0 Å². The number of nitrogens with two attached hydrogens (primary N) is 1. The second kappa shape index (κ2) is 6.12. The molecule has 2 aromatic heterocycles. The summed E-state index contributed by atoms with van der Waals surface area (Å²) in [6.45, 7) is 1.85. The lowest BCUT2D eigenvalue weighted by molar-refractivity contribution is -0.137. The molecule has 4 nitrogen and oxygen atoms in total. The number of thiazole rings is 1. The Balaban J connectivity index is 1.89. The highest BCUT2D eigenvalue weighted by molar-refractivity contribution is 7.18. The Morgan fingerprint density at radius 1 is 1.17 bits per heavy atom. The molecule has 3 aromatic rings. The van der Waals surface area contributed by atoms with Gasteiger partial charge in [0.25, 0.3) is 0 Å². The monoisotopic (exact) mass is 350 g/mol. The van der Waals surface area contributed by atoms with E-state index in [0.29, 0.717) is 16.6 Å². The Morgan fingerprint density at radius 3 is 2.62 bits per heavy atom. The minimum absolute atomic E-state index is 0.315. The Morgan fingerprint density at radius 2 is 1.96 bits per heavy atom. The number of aromatic nitrogens is 2. The number of hydrogen-bond donors (Lipinski definition) is 2. The maximum atomic E-state index is 12.8. The van der Waals surface area contributed by atoms with E-state index >= 15 is 0 Å². The molecule has 0 unspecified atom stereocenters. The molecule has 0 spiro atoms. The lowest BCUT2D eigenvalue weighted by atomic mass is 10.2. The topological polar surface area (TPSA) is 63.8 Å². The third-order valence-electron chi connectivity index (χ3n) is 3.30. The van der Waals surface area contributed by atoms with E-state index in [-0.39, 0.29) is 0 Å². The first-order valence-electron chi connectivity index (χ1n) is 6.96. The van der Waals surface area contributed by atoms with Crippen molar-refractivity contribution >= 4 is 28.0 Å². The fourth-order valence-corrected chi connectivity index (χ4v) is 3.08. The summed E-state index contributed by atoms with van der Waals surface area (Å²) in [7, 11) is 0. The van der Waals surface area contributed by atoms with Gasteiger partial charge in [0, 0.05) is 11.9 Å². The zero-order chi connectivity index (χ0) is 17.3. The van der Waals surface area contributed by atoms with Crippen LogP contribution in [0.4, 0.5) is 29.8 Å². The van der Waals surface area contributed by atoms with E-state index in [1.807, 2.05) is 6.92 Å². The first-order chi connectivity index (χ1) is 11.3. The Hall–Kier alpha value is -2.61. The summed E-state index contributed by atoms with van der Waals surface area (Å²) in [5, 5.41) is 3.36. The number of benzene rings is 1. The predicted molar refractivity (Wildman–Crippen MR) is 89.2 cm³/mol. The first kappa shape index (κ1) is 16.3. The number of nitrogens with zero attached hydrogens (tertiary/aromatic N) is 2. The molecule has 8 heteroatoms. The molecule has 0 aliphatic carbocycles. The predicted octanol–water partition coefficient (Wildman–Crippen LogP) is 4.86. The van der Waals surface area contributed by atoms with E-state index in [1.165, 1.54) is 17.4 Å². The van der Waals surface area contributed by atoms with Crippen molar-refractivity contribution in [2.75, 3.05) is 11.1 Å². The molecule has 24 heavy (non-hydrogen) atoms. The SMILES string of the molecule is Cc1nc(N)sc1-c1ccnc(Nc2cccc(C(F)(F)F)c2)c1. The number of pyridine rings is 1. The zero-order valence-corrected chi connectivity index (χ0v) is 13.4.